The number of aromatic nitrogens is 3. The fourth-order valence-corrected chi connectivity index (χ4v) is 3.70. The van der Waals surface area contributed by atoms with E-state index in [2.05, 4.69) is 9.97 Å². The molecule has 160 valence electrons. The molecule has 0 fully saturated rings. The highest BCUT2D eigenvalue weighted by Crippen LogP contribution is 2.41. The number of nitrogens with zero attached hydrogens (tertiary/aromatic N) is 3. The molecule has 4 aromatic rings. The van der Waals surface area contributed by atoms with Gasteiger partial charge in [-0.15, -0.1) is 0 Å². The lowest BCUT2D eigenvalue weighted by atomic mass is 9.93. The van der Waals surface area contributed by atoms with Crippen LogP contribution in [-0.2, 0) is 16.1 Å². The van der Waals surface area contributed by atoms with E-state index < -0.39 is 5.60 Å². The first kappa shape index (κ1) is 19.8. The minimum Gasteiger partial charge on any atom is -0.506 e. The topological polar surface area (TPSA) is 86.0 Å². The number of benzene rings is 1. The second-order valence-corrected chi connectivity index (χ2v) is 8.08. The Morgan fingerprint density at radius 1 is 1.00 bits per heavy atom. The molecule has 3 aromatic heterocycles. The van der Waals surface area contributed by atoms with Crippen molar-refractivity contribution >= 4 is 22.8 Å². The first-order valence-corrected chi connectivity index (χ1v) is 10.2. The Bertz CT molecular complexity index is 1340. The van der Waals surface area contributed by atoms with Crippen LogP contribution in [0.25, 0.3) is 17.0 Å². The summed E-state index contributed by atoms with van der Waals surface area (Å²) in [5.74, 6) is 1.33. The van der Waals surface area contributed by atoms with Gasteiger partial charge in [0.1, 0.15) is 29.5 Å². The summed E-state index contributed by atoms with van der Waals surface area (Å²) >= 11 is 0. The van der Waals surface area contributed by atoms with Gasteiger partial charge in [0.05, 0.1) is 17.5 Å². The van der Waals surface area contributed by atoms with E-state index >= 15 is 0 Å². The Labute approximate surface area is 184 Å². The smallest absolute Gasteiger partial charge is 0.210 e. The van der Waals surface area contributed by atoms with E-state index in [0.29, 0.717) is 17.1 Å². The largest absolute Gasteiger partial charge is 0.506 e. The number of rotatable bonds is 5. The zero-order valence-electron chi connectivity index (χ0n) is 17.6. The molecule has 1 aromatic carbocycles. The van der Waals surface area contributed by atoms with Gasteiger partial charge < -0.3 is 19.0 Å². The Hall–Kier alpha value is -4.13. The van der Waals surface area contributed by atoms with E-state index in [9.17, 15) is 9.90 Å². The van der Waals surface area contributed by atoms with Gasteiger partial charge in [-0.25, -0.2) is 4.98 Å². The number of aromatic hydroxyl groups is 1. The standard InChI is InChI=1S/C25H21N3O4/c1-25(2)24(30)22(23(32-25)17-9-11-26-12-10-17)16-3-6-20(7-4-16)31-15-18-13-28-14-19(29)5-8-21(28)27-18/h3-14,29H,15H2,1-2H3. The molecule has 0 bridgehead atoms. The molecule has 1 N–H and O–H groups in total. The van der Waals surface area contributed by atoms with Crippen molar-refractivity contribution in [2.75, 3.05) is 0 Å². The lowest BCUT2D eigenvalue weighted by molar-refractivity contribution is -0.125. The van der Waals surface area contributed by atoms with Crippen molar-refractivity contribution < 1.29 is 19.4 Å². The number of fused-ring (bicyclic) bond motifs is 1. The lowest BCUT2D eigenvalue weighted by Crippen LogP contribution is -2.29. The summed E-state index contributed by atoms with van der Waals surface area (Å²) in [4.78, 5) is 21.6. The summed E-state index contributed by atoms with van der Waals surface area (Å²) in [5.41, 5.74) is 2.67. The third-order valence-corrected chi connectivity index (χ3v) is 5.32. The molecule has 5 rings (SSSR count). The Morgan fingerprint density at radius 3 is 2.50 bits per heavy atom. The molecule has 0 saturated carbocycles. The Kier molecular flexibility index (Phi) is 4.66. The predicted molar refractivity (Wildman–Crippen MR) is 119 cm³/mol. The minimum atomic E-state index is -0.930. The van der Waals surface area contributed by atoms with Crippen LogP contribution in [0.3, 0.4) is 0 Å². The predicted octanol–water partition coefficient (Wildman–Crippen LogP) is 4.26. The molecule has 1 aliphatic rings. The fourth-order valence-electron chi connectivity index (χ4n) is 3.70. The second-order valence-electron chi connectivity index (χ2n) is 8.08. The van der Waals surface area contributed by atoms with Crippen molar-refractivity contribution in [1.29, 1.82) is 0 Å². The summed E-state index contributed by atoms with van der Waals surface area (Å²) in [6.45, 7) is 3.83. The third kappa shape index (κ3) is 3.58. The molecule has 32 heavy (non-hydrogen) atoms. The van der Waals surface area contributed by atoms with E-state index in [1.165, 1.54) is 0 Å². The molecular weight excluding hydrogens is 406 g/mol. The molecule has 0 saturated heterocycles. The highest BCUT2D eigenvalue weighted by molar-refractivity contribution is 6.32. The maximum Gasteiger partial charge on any atom is 0.210 e. The number of ether oxygens (including phenoxy) is 2. The molecule has 7 heteroatoms. The van der Waals surface area contributed by atoms with E-state index in [1.54, 1.807) is 49.0 Å². The van der Waals surface area contributed by atoms with Gasteiger partial charge in [-0.2, -0.15) is 0 Å². The van der Waals surface area contributed by atoms with Crippen LogP contribution in [0, 0.1) is 0 Å². The number of ketones is 1. The number of hydrogen-bond acceptors (Lipinski definition) is 6. The van der Waals surface area contributed by atoms with Crippen LogP contribution >= 0.6 is 0 Å². The van der Waals surface area contributed by atoms with Gasteiger partial charge in [-0.1, -0.05) is 12.1 Å². The quantitative estimate of drug-likeness (QED) is 0.512. The number of imidazole rings is 1. The van der Waals surface area contributed by atoms with Crippen molar-refractivity contribution in [1.82, 2.24) is 14.4 Å². The van der Waals surface area contributed by atoms with Crippen LogP contribution in [0.15, 0.2) is 73.3 Å². The second kappa shape index (κ2) is 7.53. The third-order valence-electron chi connectivity index (χ3n) is 5.32. The highest BCUT2D eigenvalue weighted by Gasteiger charge is 2.42. The van der Waals surface area contributed by atoms with E-state index in [1.807, 2.05) is 42.6 Å². The van der Waals surface area contributed by atoms with Crippen LogP contribution in [0.4, 0.5) is 0 Å². The van der Waals surface area contributed by atoms with E-state index in [4.69, 9.17) is 9.47 Å². The molecule has 0 unspecified atom stereocenters. The first-order chi connectivity index (χ1) is 15.4. The number of pyridine rings is 2. The number of Topliss-reactive ketones (excluding diaryl/α,β-unsaturated/α-hetero) is 1. The molecule has 7 nitrogen and oxygen atoms in total. The minimum absolute atomic E-state index is 0.0640. The van der Waals surface area contributed by atoms with Gasteiger partial charge in [0, 0.05) is 24.2 Å². The van der Waals surface area contributed by atoms with Crippen molar-refractivity contribution in [3.63, 3.8) is 0 Å². The Balaban J connectivity index is 1.38. The summed E-state index contributed by atoms with van der Waals surface area (Å²) in [6, 6.07) is 14.4. The van der Waals surface area contributed by atoms with Crippen molar-refractivity contribution in [2.45, 2.75) is 26.1 Å². The van der Waals surface area contributed by atoms with Crippen LogP contribution in [0.1, 0.15) is 30.7 Å². The SMILES string of the molecule is CC1(C)OC(c2ccncc2)=C(c2ccc(OCc3cn4cc(O)ccc4n3)cc2)C1=O. The van der Waals surface area contributed by atoms with E-state index in [0.717, 1.165) is 22.5 Å². The number of carbonyl (C=O) groups is 1. The average molecular weight is 427 g/mol. The zero-order valence-corrected chi connectivity index (χ0v) is 17.6. The summed E-state index contributed by atoms with van der Waals surface area (Å²) in [5, 5.41) is 9.59. The van der Waals surface area contributed by atoms with Crippen LogP contribution < -0.4 is 4.74 Å². The molecule has 0 spiro atoms. The van der Waals surface area contributed by atoms with Gasteiger partial charge in [-0.3, -0.25) is 9.78 Å². The van der Waals surface area contributed by atoms with Crippen molar-refractivity contribution in [2.24, 2.45) is 0 Å². The summed E-state index contributed by atoms with van der Waals surface area (Å²) in [6.07, 6.45) is 6.76. The molecule has 0 atom stereocenters. The van der Waals surface area contributed by atoms with Gasteiger partial charge in [0.25, 0.3) is 0 Å². The number of carbonyl (C=O) groups excluding carboxylic acids is 1. The molecule has 0 aliphatic carbocycles. The fraction of sp³-hybridized carbons (Fsp3) is 0.160. The molecule has 0 radical (unpaired) electrons. The van der Waals surface area contributed by atoms with Gasteiger partial charge >= 0.3 is 0 Å². The lowest BCUT2D eigenvalue weighted by Gasteiger charge is -2.17. The van der Waals surface area contributed by atoms with Crippen molar-refractivity contribution in [3.8, 4) is 11.5 Å². The van der Waals surface area contributed by atoms with Crippen LogP contribution in [0.5, 0.6) is 11.5 Å². The van der Waals surface area contributed by atoms with Gasteiger partial charge in [0.2, 0.25) is 5.78 Å². The normalized spacial score (nSPS) is 15.2. The monoisotopic (exact) mass is 427 g/mol. The molecule has 0 amide bonds. The van der Waals surface area contributed by atoms with Crippen LogP contribution in [-0.4, -0.2) is 30.9 Å². The van der Waals surface area contributed by atoms with Gasteiger partial charge in [-0.05, 0) is 55.8 Å². The summed E-state index contributed by atoms with van der Waals surface area (Å²) < 4.78 is 13.6. The summed E-state index contributed by atoms with van der Waals surface area (Å²) in [7, 11) is 0. The molecule has 1 aliphatic heterocycles. The first-order valence-electron chi connectivity index (χ1n) is 10.2. The van der Waals surface area contributed by atoms with Crippen LogP contribution in [0.2, 0.25) is 0 Å². The number of hydrogen-bond donors (Lipinski definition) is 1. The average Bonchev–Trinajstić information content (AvgIpc) is 3.30. The maximum atomic E-state index is 13.1. The highest BCUT2D eigenvalue weighted by atomic mass is 16.5. The zero-order chi connectivity index (χ0) is 22.3. The maximum absolute atomic E-state index is 13.1. The molecule has 4 heterocycles. The van der Waals surface area contributed by atoms with E-state index in [-0.39, 0.29) is 18.1 Å². The van der Waals surface area contributed by atoms with Gasteiger partial charge in [0.15, 0.2) is 5.60 Å². The van der Waals surface area contributed by atoms with Crippen molar-refractivity contribution in [3.05, 3.63) is 90.1 Å². The molecular formula is C25H21N3O4. The Morgan fingerprint density at radius 2 is 1.75 bits per heavy atom.